The fraction of sp³-hybridized carbons (Fsp3) is 0.778. The van der Waals surface area contributed by atoms with Gasteiger partial charge in [0.1, 0.15) is 6.42 Å². The van der Waals surface area contributed by atoms with Gasteiger partial charge >= 0.3 is 12.1 Å². The van der Waals surface area contributed by atoms with Gasteiger partial charge in [0.15, 0.2) is 0 Å². The van der Waals surface area contributed by atoms with E-state index < -0.39 is 15.9 Å². The van der Waals surface area contributed by atoms with Gasteiger partial charge in [0.25, 0.3) is 0 Å². The number of hydrogen-bond donors (Lipinski definition) is 0. The van der Waals surface area contributed by atoms with E-state index in [1.807, 2.05) is 29.5 Å². The molecule has 6 nitrogen and oxygen atoms in total. The summed E-state index contributed by atoms with van der Waals surface area (Å²) < 4.78 is 18.5. The van der Waals surface area contributed by atoms with Crippen LogP contribution in [0.2, 0.25) is 0 Å². The average Bonchev–Trinajstić information content (AvgIpc) is 2.45. The molecule has 0 radical (unpaired) electrons. The zero-order chi connectivity index (χ0) is 12.2. The van der Waals surface area contributed by atoms with Crippen LogP contribution in [0.5, 0.6) is 0 Å². The number of halogens is 1. The molecule has 1 rings (SSSR count). The van der Waals surface area contributed by atoms with Gasteiger partial charge in [-0.1, -0.05) is 0 Å². The topological polar surface area (TPSA) is 71.1 Å². The molecule has 1 aliphatic heterocycles. The van der Waals surface area contributed by atoms with E-state index in [1.54, 1.807) is 6.92 Å². The van der Waals surface area contributed by atoms with Gasteiger partial charge in [-0.25, -0.2) is 4.79 Å². The Balaban J connectivity index is 2.36. The second kappa shape index (κ2) is 5.78. The zero-order valence-electron chi connectivity index (χ0n) is 9.03. The van der Waals surface area contributed by atoms with E-state index in [4.69, 9.17) is 9.47 Å². The summed E-state index contributed by atoms with van der Waals surface area (Å²) in [5.74, 6) is -0.734. The molecule has 2 unspecified atom stereocenters. The van der Waals surface area contributed by atoms with Gasteiger partial charge in [-0.05, 0) is 36.4 Å². The summed E-state index contributed by atoms with van der Waals surface area (Å²) in [5.41, 5.74) is 0. The number of esters is 1. The molecule has 0 aromatic rings. The van der Waals surface area contributed by atoms with Gasteiger partial charge < -0.3 is 18.9 Å². The molecule has 1 heterocycles. The van der Waals surface area contributed by atoms with Crippen molar-refractivity contribution in [1.29, 1.82) is 0 Å². The third-order valence-electron chi connectivity index (χ3n) is 1.73. The summed E-state index contributed by atoms with van der Waals surface area (Å²) in [7, 11) is 0. The Kier molecular flexibility index (Phi) is 4.93. The molecule has 0 N–H and O–H groups in total. The SMILES string of the molecule is CCOC(=O)OC(=O)CC1(I)OCC(C)O1. The second-order valence-corrected chi connectivity index (χ2v) is 4.88. The number of ether oxygens (including phenoxy) is 4. The van der Waals surface area contributed by atoms with E-state index in [0.29, 0.717) is 6.61 Å². The highest BCUT2D eigenvalue weighted by molar-refractivity contribution is 14.1. The van der Waals surface area contributed by atoms with Crippen molar-refractivity contribution in [2.45, 2.75) is 30.2 Å². The zero-order valence-corrected chi connectivity index (χ0v) is 11.2. The van der Waals surface area contributed by atoms with Crippen molar-refractivity contribution < 1.29 is 28.5 Å². The standard InChI is InChI=1S/C9H13IO6/c1-3-13-8(12)15-7(11)4-9(10)14-5-6(2)16-9/h6H,3-5H2,1-2H3. The van der Waals surface area contributed by atoms with Crippen LogP contribution in [0, 0.1) is 0 Å². The van der Waals surface area contributed by atoms with Gasteiger partial charge in [-0.15, -0.1) is 0 Å². The van der Waals surface area contributed by atoms with Crippen LogP contribution < -0.4 is 0 Å². The van der Waals surface area contributed by atoms with Crippen molar-refractivity contribution in [2.24, 2.45) is 0 Å². The van der Waals surface area contributed by atoms with Crippen molar-refractivity contribution in [2.75, 3.05) is 13.2 Å². The lowest BCUT2D eigenvalue weighted by Gasteiger charge is -2.18. The van der Waals surface area contributed by atoms with E-state index in [0.717, 1.165) is 0 Å². The van der Waals surface area contributed by atoms with E-state index in [9.17, 15) is 9.59 Å². The van der Waals surface area contributed by atoms with Gasteiger partial charge in [0.05, 0.1) is 19.3 Å². The van der Waals surface area contributed by atoms with Crippen LogP contribution in [0.1, 0.15) is 20.3 Å². The van der Waals surface area contributed by atoms with Crippen LogP contribution >= 0.6 is 22.6 Å². The normalized spacial score (nSPS) is 28.8. The van der Waals surface area contributed by atoms with E-state index in [2.05, 4.69) is 9.47 Å². The molecule has 0 aliphatic carbocycles. The molecule has 0 aromatic carbocycles. The molecule has 1 fully saturated rings. The van der Waals surface area contributed by atoms with Crippen LogP contribution in [-0.4, -0.2) is 35.2 Å². The van der Waals surface area contributed by atoms with Crippen molar-refractivity contribution in [3.8, 4) is 0 Å². The Hall–Kier alpha value is -0.410. The number of rotatable bonds is 3. The van der Waals surface area contributed by atoms with E-state index in [-0.39, 0.29) is 19.1 Å². The Morgan fingerprint density at radius 1 is 1.56 bits per heavy atom. The van der Waals surface area contributed by atoms with Gasteiger partial charge in [-0.2, -0.15) is 0 Å². The summed E-state index contributed by atoms with van der Waals surface area (Å²) >= 11 is 1.87. The third kappa shape index (κ3) is 4.22. The molecule has 16 heavy (non-hydrogen) atoms. The van der Waals surface area contributed by atoms with Gasteiger partial charge in [0, 0.05) is 0 Å². The third-order valence-corrected chi connectivity index (χ3v) is 2.67. The van der Waals surface area contributed by atoms with Crippen LogP contribution in [0.15, 0.2) is 0 Å². The minimum atomic E-state index is -1.04. The highest BCUT2D eigenvalue weighted by atomic mass is 127. The Morgan fingerprint density at radius 2 is 2.25 bits per heavy atom. The fourth-order valence-corrected chi connectivity index (χ4v) is 2.08. The molecule has 2 atom stereocenters. The predicted molar refractivity (Wildman–Crippen MR) is 61.0 cm³/mol. The summed E-state index contributed by atoms with van der Waals surface area (Å²) in [6, 6.07) is 0. The first kappa shape index (κ1) is 13.7. The lowest BCUT2D eigenvalue weighted by Crippen LogP contribution is -2.28. The first-order valence-corrected chi connectivity index (χ1v) is 5.91. The van der Waals surface area contributed by atoms with Crippen LogP contribution in [-0.2, 0) is 23.7 Å². The van der Waals surface area contributed by atoms with Crippen molar-refractivity contribution >= 4 is 34.7 Å². The lowest BCUT2D eigenvalue weighted by atomic mass is 10.4. The summed E-state index contributed by atoms with van der Waals surface area (Å²) in [4.78, 5) is 22.2. The highest BCUT2D eigenvalue weighted by Gasteiger charge is 2.40. The maximum atomic E-state index is 11.3. The monoisotopic (exact) mass is 344 g/mol. The molecule has 0 bridgehead atoms. The van der Waals surface area contributed by atoms with Crippen molar-refractivity contribution in [3.63, 3.8) is 0 Å². The molecular formula is C9H13IO6. The van der Waals surface area contributed by atoms with Gasteiger partial charge in [-0.3, -0.25) is 4.79 Å². The smallest absolute Gasteiger partial charge is 0.434 e. The van der Waals surface area contributed by atoms with E-state index in [1.165, 1.54) is 0 Å². The molecule has 1 saturated heterocycles. The maximum Gasteiger partial charge on any atom is 0.516 e. The minimum absolute atomic E-state index is 0.0766. The number of hydrogen-bond acceptors (Lipinski definition) is 6. The van der Waals surface area contributed by atoms with Gasteiger partial charge in [0.2, 0.25) is 3.79 Å². The van der Waals surface area contributed by atoms with Crippen LogP contribution in [0.4, 0.5) is 4.79 Å². The summed E-state index contributed by atoms with van der Waals surface area (Å²) in [6.07, 6.45) is -1.23. The lowest BCUT2D eigenvalue weighted by molar-refractivity contribution is -0.151. The molecule has 0 saturated carbocycles. The molecule has 7 heteroatoms. The molecule has 92 valence electrons. The number of carbonyl (C=O) groups excluding carboxylic acids is 2. The number of carbonyl (C=O) groups is 2. The first-order chi connectivity index (χ1) is 7.45. The van der Waals surface area contributed by atoms with Crippen LogP contribution in [0.3, 0.4) is 0 Å². The molecule has 0 spiro atoms. The molecule has 0 amide bonds. The quantitative estimate of drug-likeness (QED) is 0.335. The fourth-order valence-electron chi connectivity index (χ4n) is 1.15. The Labute approximate surface area is 107 Å². The molecule has 0 aromatic heterocycles. The van der Waals surface area contributed by atoms with Crippen molar-refractivity contribution in [3.05, 3.63) is 0 Å². The predicted octanol–water partition coefficient (Wildman–Crippen LogP) is 1.60. The number of alkyl halides is 1. The Bertz CT molecular complexity index is 281. The van der Waals surface area contributed by atoms with Crippen LogP contribution in [0.25, 0.3) is 0 Å². The highest BCUT2D eigenvalue weighted by Crippen LogP contribution is 2.34. The van der Waals surface area contributed by atoms with Crippen molar-refractivity contribution in [1.82, 2.24) is 0 Å². The second-order valence-electron chi connectivity index (χ2n) is 3.23. The molecule has 1 aliphatic rings. The molecular weight excluding hydrogens is 331 g/mol. The summed E-state index contributed by atoms with van der Waals surface area (Å²) in [6.45, 7) is 4.02. The summed E-state index contributed by atoms with van der Waals surface area (Å²) in [5, 5.41) is 0. The first-order valence-electron chi connectivity index (χ1n) is 4.83. The Morgan fingerprint density at radius 3 is 2.75 bits per heavy atom. The minimum Gasteiger partial charge on any atom is -0.434 e. The largest absolute Gasteiger partial charge is 0.516 e. The maximum absolute atomic E-state index is 11.3. The van der Waals surface area contributed by atoms with E-state index >= 15 is 0 Å². The average molecular weight is 344 g/mol.